The van der Waals surface area contributed by atoms with Gasteiger partial charge < -0.3 is 10.3 Å². The number of aromatic nitrogens is 1. The highest BCUT2D eigenvalue weighted by Gasteiger charge is 2.34. The van der Waals surface area contributed by atoms with Gasteiger partial charge in [-0.15, -0.1) is 0 Å². The van der Waals surface area contributed by atoms with Gasteiger partial charge in [-0.1, -0.05) is 25.5 Å². The fraction of sp³-hybridized carbons (Fsp3) is 0.529. The van der Waals surface area contributed by atoms with Gasteiger partial charge in [-0.2, -0.15) is 0 Å². The largest absolute Gasteiger partial charge is 0.358 e. The molecule has 0 aliphatic heterocycles. The molecule has 0 spiro atoms. The lowest BCUT2D eigenvalue weighted by Gasteiger charge is -2.35. The number of benzene rings is 1. The Hall–Kier alpha value is -1.28. The quantitative estimate of drug-likeness (QED) is 0.792. The van der Waals surface area contributed by atoms with Crippen LogP contribution >= 0.6 is 0 Å². The van der Waals surface area contributed by atoms with Crippen LogP contribution in [0.5, 0.6) is 0 Å². The topological polar surface area (TPSA) is 27.8 Å². The summed E-state index contributed by atoms with van der Waals surface area (Å²) in [7, 11) is 2.08. The molecule has 1 aliphatic carbocycles. The van der Waals surface area contributed by atoms with Gasteiger partial charge in [0.1, 0.15) is 0 Å². The summed E-state index contributed by atoms with van der Waals surface area (Å²) in [6.07, 6.45) is 2.35. The van der Waals surface area contributed by atoms with Crippen molar-refractivity contribution >= 4 is 10.9 Å². The van der Waals surface area contributed by atoms with Crippen LogP contribution in [0.3, 0.4) is 0 Å². The predicted molar refractivity (Wildman–Crippen MR) is 81.7 cm³/mol. The van der Waals surface area contributed by atoms with Crippen molar-refractivity contribution in [3.63, 3.8) is 0 Å². The fourth-order valence-corrected chi connectivity index (χ4v) is 3.72. The van der Waals surface area contributed by atoms with E-state index in [0.717, 1.165) is 6.42 Å². The summed E-state index contributed by atoms with van der Waals surface area (Å²) in [5.74, 6) is 0. The molecule has 0 radical (unpaired) electrons. The first-order chi connectivity index (χ1) is 8.91. The van der Waals surface area contributed by atoms with Crippen molar-refractivity contribution in [3.05, 3.63) is 34.5 Å². The van der Waals surface area contributed by atoms with Crippen molar-refractivity contribution in [1.82, 2.24) is 10.3 Å². The van der Waals surface area contributed by atoms with Crippen LogP contribution in [0, 0.1) is 19.3 Å². The van der Waals surface area contributed by atoms with Crippen LogP contribution in [0.4, 0.5) is 0 Å². The molecule has 0 saturated heterocycles. The molecular weight excluding hydrogens is 232 g/mol. The van der Waals surface area contributed by atoms with Crippen LogP contribution in [0.1, 0.15) is 48.7 Å². The highest BCUT2D eigenvalue weighted by Crippen LogP contribution is 2.44. The van der Waals surface area contributed by atoms with Crippen molar-refractivity contribution < 1.29 is 0 Å². The molecule has 3 rings (SSSR count). The summed E-state index contributed by atoms with van der Waals surface area (Å²) >= 11 is 0. The zero-order chi connectivity index (χ0) is 13.8. The minimum absolute atomic E-state index is 0.366. The molecule has 0 bridgehead atoms. The highest BCUT2D eigenvalue weighted by atomic mass is 14.9. The lowest BCUT2D eigenvalue weighted by Crippen LogP contribution is -2.31. The van der Waals surface area contributed by atoms with Gasteiger partial charge in [-0.3, -0.25) is 0 Å². The van der Waals surface area contributed by atoms with Crippen molar-refractivity contribution in [2.45, 2.75) is 46.6 Å². The first-order valence-corrected chi connectivity index (χ1v) is 7.20. The lowest BCUT2D eigenvalue weighted by atomic mass is 9.74. The third-order valence-corrected chi connectivity index (χ3v) is 4.48. The van der Waals surface area contributed by atoms with E-state index < -0.39 is 0 Å². The lowest BCUT2D eigenvalue weighted by molar-refractivity contribution is 0.264. The van der Waals surface area contributed by atoms with E-state index in [9.17, 15) is 0 Å². The average molecular weight is 256 g/mol. The number of aromatic amines is 1. The van der Waals surface area contributed by atoms with Crippen LogP contribution in [-0.2, 0) is 6.42 Å². The first-order valence-electron chi connectivity index (χ1n) is 7.20. The molecule has 1 heterocycles. The van der Waals surface area contributed by atoms with Gasteiger partial charge in [0.25, 0.3) is 0 Å². The summed E-state index contributed by atoms with van der Waals surface area (Å²) in [5, 5.41) is 4.93. The van der Waals surface area contributed by atoms with Crippen LogP contribution in [-0.4, -0.2) is 12.0 Å². The molecule has 102 valence electrons. The third kappa shape index (κ3) is 1.99. The van der Waals surface area contributed by atoms with E-state index in [0.29, 0.717) is 11.5 Å². The number of nitrogens with one attached hydrogen (secondary N) is 2. The number of hydrogen-bond acceptors (Lipinski definition) is 1. The van der Waals surface area contributed by atoms with Gasteiger partial charge in [0.15, 0.2) is 0 Å². The minimum Gasteiger partial charge on any atom is -0.358 e. The molecule has 1 unspecified atom stereocenters. The van der Waals surface area contributed by atoms with E-state index in [1.54, 1.807) is 0 Å². The molecule has 2 aromatic rings. The Kier molecular flexibility index (Phi) is 2.75. The SMILES string of the molecule is CNC1CC(C)(C)Cc2[nH]c3c(C)cc(C)cc3c21. The Morgan fingerprint density at radius 2 is 2.00 bits per heavy atom. The molecule has 2 nitrogen and oxygen atoms in total. The van der Waals surface area contributed by atoms with Crippen molar-refractivity contribution in [1.29, 1.82) is 0 Å². The van der Waals surface area contributed by atoms with E-state index >= 15 is 0 Å². The molecule has 1 aromatic carbocycles. The molecule has 1 aromatic heterocycles. The Bertz CT molecular complexity index is 634. The normalized spacial score (nSPS) is 21.6. The van der Waals surface area contributed by atoms with E-state index in [4.69, 9.17) is 0 Å². The van der Waals surface area contributed by atoms with Gasteiger partial charge in [0.05, 0.1) is 0 Å². The number of rotatable bonds is 1. The Morgan fingerprint density at radius 3 is 2.68 bits per heavy atom. The van der Waals surface area contributed by atoms with Crippen molar-refractivity contribution in [2.24, 2.45) is 5.41 Å². The van der Waals surface area contributed by atoms with Gasteiger partial charge in [-0.25, -0.2) is 0 Å². The van der Waals surface area contributed by atoms with E-state index in [1.807, 2.05) is 0 Å². The summed E-state index contributed by atoms with van der Waals surface area (Å²) < 4.78 is 0. The second kappa shape index (κ2) is 4.11. The van der Waals surface area contributed by atoms with E-state index in [-0.39, 0.29) is 0 Å². The maximum absolute atomic E-state index is 3.69. The average Bonchev–Trinajstić information content (AvgIpc) is 2.65. The Balaban J connectivity index is 2.29. The summed E-state index contributed by atoms with van der Waals surface area (Å²) in [5.41, 5.74) is 7.34. The first kappa shape index (κ1) is 12.7. The summed E-state index contributed by atoms with van der Waals surface area (Å²) in [6, 6.07) is 5.07. The molecule has 2 N–H and O–H groups in total. The molecule has 19 heavy (non-hydrogen) atoms. The maximum Gasteiger partial charge on any atom is 0.0489 e. The van der Waals surface area contributed by atoms with Gasteiger partial charge >= 0.3 is 0 Å². The smallest absolute Gasteiger partial charge is 0.0489 e. The molecule has 1 atom stereocenters. The third-order valence-electron chi connectivity index (χ3n) is 4.48. The van der Waals surface area contributed by atoms with E-state index in [1.165, 1.54) is 39.7 Å². The molecule has 1 aliphatic rings. The molecule has 0 saturated carbocycles. The van der Waals surface area contributed by atoms with Crippen LogP contribution in [0.2, 0.25) is 0 Å². The van der Waals surface area contributed by atoms with Gasteiger partial charge in [0.2, 0.25) is 0 Å². The van der Waals surface area contributed by atoms with Crippen LogP contribution in [0.15, 0.2) is 12.1 Å². The van der Waals surface area contributed by atoms with Crippen LogP contribution < -0.4 is 5.32 Å². The Labute approximate surface area is 115 Å². The number of H-pyrrole nitrogens is 1. The monoisotopic (exact) mass is 256 g/mol. The fourth-order valence-electron chi connectivity index (χ4n) is 3.72. The Morgan fingerprint density at radius 1 is 1.26 bits per heavy atom. The van der Waals surface area contributed by atoms with Gasteiger partial charge in [0, 0.05) is 22.6 Å². The zero-order valence-electron chi connectivity index (χ0n) is 12.6. The molecule has 2 heteroatoms. The summed E-state index contributed by atoms with van der Waals surface area (Å²) in [4.78, 5) is 3.69. The van der Waals surface area contributed by atoms with E-state index in [2.05, 4.69) is 57.2 Å². The molecule has 0 fully saturated rings. The van der Waals surface area contributed by atoms with Gasteiger partial charge in [-0.05, 0) is 56.3 Å². The standard InChI is InChI=1S/C17H24N2/c1-10-6-11(2)16-12(7-10)15-13(18-5)8-17(3,4)9-14(15)19-16/h6-7,13,18-19H,8-9H2,1-5H3. The second-order valence-corrected chi connectivity index (χ2v) is 6.91. The molecule has 0 amide bonds. The number of aryl methyl sites for hydroxylation is 2. The molecular formula is C17H24N2. The highest BCUT2D eigenvalue weighted by molar-refractivity contribution is 5.88. The predicted octanol–water partition coefficient (Wildman–Crippen LogP) is 4.02. The zero-order valence-corrected chi connectivity index (χ0v) is 12.6. The van der Waals surface area contributed by atoms with Crippen molar-refractivity contribution in [3.8, 4) is 0 Å². The summed E-state index contributed by atoms with van der Waals surface area (Å²) in [6.45, 7) is 9.12. The van der Waals surface area contributed by atoms with Crippen molar-refractivity contribution in [2.75, 3.05) is 7.05 Å². The second-order valence-electron chi connectivity index (χ2n) is 6.91. The van der Waals surface area contributed by atoms with Crippen LogP contribution in [0.25, 0.3) is 10.9 Å². The number of fused-ring (bicyclic) bond motifs is 3. The maximum atomic E-state index is 3.69. The minimum atomic E-state index is 0.366. The number of hydrogen-bond donors (Lipinski definition) is 2.